The van der Waals surface area contributed by atoms with Crippen LogP contribution >= 0.6 is 0 Å². The van der Waals surface area contributed by atoms with Crippen molar-refractivity contribution < 1.29 is 408 Å². The molecule has 160 valence electrons. The van der Waals surface area contributed by atoms with E-state index in [9.17, 15) is 30.6 Å². The molecule has 31 heavy (non-hydrogen) atoms. The van der Waals surface area contributed by atoms with Gasteiger partial charge in [-0.2, -0.15) is 0 Å². The first-order valence-corrected chi connectivity index (χ1v) is 7.08. The molecule has 5 unspecified atom stereocenters. The minimum atomic E-state index is -1.76. The molecule has 2 heterocycles. The summed E-state index contributed by atoms with van der Waals surface area (Å²) in [6.45, 7) is -1.34. The third-order valence-corrected chi connectivity index (χ3v) is 3.98. The maximum absolute atomic E-state index is 10.00. The van der Waals surface area contributed by atoms with E-state index in [0.717, 1.165) is 0 Å². The third kappa shape index (κ3) is 18.0. The summed E-state index contributed by atoms with van der Waals surface area (Å²) in [7, 11) is 0. The molecule has 2 fully saturated rings. The molecule has 2 aliphatic rings. The first-order chi connectivity index (χ1) is 10.8. The summed E-state index contributed by atoms with van der Waals surface area (Å²) in [4.78, 5) is 0. The summed E-state index contributed by atoms with van der Waals surface area (Å²) in [5.74, 6) is 0. The normalized spacial score (nSPS) is 38.3. The molecule has 11 nitrogen and oxygen atoms in total. The van der Waals surface area contributed by atoms with Crippen LogP contribution in [-0.2, 0) is 14.2 Å². The van der Waals surface area contributed by atoms with Crippen molar-refractivity contribution in [1.29, 1.82) is 0 Å². The Morgan fingerprint density at radius 1 is 0.516 bits per heavy atom. The predicted octanol–water partition coefficient (Wildman–Crippen LogP) is -5.40. The first-order valence-electron chi connectivity index (χ1n) is 7.08. The molecule has 0 spiro atoms. The van der Waals surface area contributed by atoms with Crippen LogP contribution in [0, 0.1) is 352 Å². The van der Waals surface area contributed by atoms with Crippen molar-refractivity contribution in [2.45, 2.75) is 61.4 Å². The van der Waals surface area contributed by atoms with E-state index in [1.807, 2.05) is 0 Å². The second kappa shape index (κ2) is 31.1. The zero-order valence-electron chi connectivity index (χ0n) is 16.6. The summed E-state index contributed by atoms with van der Waals surface area (Å²) < 4.78 is 15.1. The van der Waals surface area contributed by atoms with Gasteiger partial charge < -0.3 is 55.1 Å². The van der Waals surface area contributed by atoms with Crippen molar-refractivity contribution in [2.75, 3.05) is 13.2 Å². The Hall–Kier alpha value is 11.1. The van der Waals surface area contributed by atoms with E-state index in [1.54, 1.807) is 0 Å². The van der Waals surface area contributed by atoms with Gasteiger partial charge in [-0.3, -0.25) is 0 Å². The number of aliphatic hydroxyl groups is 8. The van der Waals surface area contributed by atoms with Crippen LogP contribution in [-0.4, -0.2) is 115 Å². The summed E-state index contributed by atoms with van der Waals surface area (Å²) >= 11 is 0. The number of rotatable bonds is 4. The molecule has 0 amide bonds. The molecule has 2 aliphatic heterocycles. The van der Waals surface area contributed by atoms with Gasteiger partial charge in [-0.05, 0) is 0 Å². The minimum absolute atomic E-state index is 0. The fraction of sp³-hybridized carbons (Fsp3) is 1.00. The number of hydrogen-bond donors (Lipinski definition) is 8. The second-order valence-electron chi connectivity index (χ2n) is 5.53. The summed E-state index contributed by atoms with van der Waals surface area (Å²) in [5.41, 5.74) is 0. The van der Waals surface area contributed by atoms with Gasteiger partial charge in [-0.1, -0.05) is 0 Å². The van der Waals surface area contributed by atoms with Gasteiger partial charge in [0.25, 0.3) is 0 Å². The van der Waals surface area contributed by atoms with E-state index in [-0.39, 0.29) is 352 Å². The van der Waals surface area contributed by atoms with Gasteiger partial charge in [0.05, 0.1) is 13.2 Å². The molecular weight excluding hydrogens is 2140 g/mol. The SMILES string of the molecule is OCC1OC(O)C(O)[C@@H](O[C@@H]2OC(CO)[C@H](O)[C@H](O)C2O)[C@@H]1O.[Ac].[Ac].[Ac].[Ac].[Ac].[Ac].[Ac].[Ac]. The zero-order valence-corrected chi connectivity index (χ0v) is 54.6. The molecule has 0 saturated carbocycles. The Morgan fingerprint density at radius 3 is 1.35 bits per heavy atom. The molecule has 0 aromatic heterocycles. The van der Waals surface area contributed by atoms with Gasteiger partial charge in [-0.25, -0.2) is 0 Å². The van der Waals surface area contributed by atoms with Crippen LogP contribution in [0.2, 0.25) is 0 Å². The molecule has 10 atom stereocenters. The molecule has 0 aliphatic carbocycles. The van der Waals surface area contributed by atoms with Crippen LogP contribution in [0.15, 0.2) is 0 Å². The Balaban J connectivity index is -0.000000144. The van der Waals surface area contributed by atoms with Crippen LogP contribution in [0.25, 0.3) is 0 Å². The minimum Gasteiger partial charge on any atom is -0.394 e. The Bertz CT molecular complexity index is 406. The van der Waals surface area contributed by atoms with Gasteiger partial charge in [0, 0.05) is 352 Å². The van der Waals surface area contributed by atoms with Crippen molar-refractivity contribution in [3.05, 3.63) is 0 Å². The average molecular weight is 2160 g/mol. The molecule has 19 heteroatoms. The Kier molecular flexibility index (Phi) is 57.9. The van der Waals surface area contributed by atoms with Gasteiger partial charge in [0.15, 0.2) is 12.6 Å². The zero-order chi connectivity index (χ0) is 17.3. The molecule has 8 N–H and O–H groups in total. The van der Waals surface area contributed by atoms with Crippen molar-refractivity contribution in [3.63, 3.8) is 0 Å². The van der Waals surface area contributed by atoms with E-state index < -0.39 is 74.6 Å². The molecule has 0 aromatic carbocycles. The monoisotopic (exact) mass is 2160 g/mol. The molecule has 2 saturated heterocycles. The number of aliphatic hydroxyl groups excluding tert-OH is 8. The van der Waals surface area contributed by atoms with Crippen LogP contribution in [0.5, 0.6) is 0 Å². The number of hydrogen-bond acceptors (Lipinski definition) is 11. The van der Waals surface area contributed by atoms with Crippen molar-refractivity contribution >= 4 is 0 Å². The average Bonchev–Trinajstić information content (AvgIpc) is 2.54. The van der Waals surface area contributed by atoms with Crippen LogP contribution in [0.3, 0.4) is 0 Å². The molecular formula is C12H22Ac8O11. The van der Waals surface area contributed by atoms with E-state index in [4.69, 9.17) is 24.4 Å². The summed E-state index contributed by atoms with van der Waals surface area (Å²) in [6, 6.07) is 0. The van der Waals surface area contributed by atoms with E-state index >= 15 is 0 Å². The Morgan fingerprint density at radius 2 is 0.935 bits per heavy atom. The fourth-order valence-corrected chi connectivity index (χ4v) is 2.56. The standard InChI is InChI=1S/C12H22O11.8Ac/c13-1-3-5(15)7(17)8(18)12(22-3)23-10-6(16)4(2-14)21-11(20)9(10)19;;;;;;;;/h3-20H,1-2H2;;;;;;;;/t3?,4?,5-,6+,7-,8?,9?,10-,11?,12-;;;;;;;;/m0......../s1. The topological polar surface area (TPSA) is 190 Å². The number of ether oxygens (including phenoxy) is 3. The molecule has 8 radical (unpaired) electrons. The fourth-order valence-electron chi connectivity index (χ4n) is 2.56. The van der Waals surface area contributed by atoms with E-state index in [2.05, 4.69) is 0 Å². The van der Waals surface area contributed by atoms with Crippen LogP contribution in [0.1, 0.15) is 0 Å². The molecule has 0 bridgehead atoms. The van der Waals surface area contributed by atoms with Crippen molar-refractivity contribution in [3.8, 4) is 0 Å². The quantitative estimate of drug-likeness (QED) is 0.134. The molecule has 0 aromatic rings. The van der Waals surface area contributed by atoms with Gasteiger partial charge in [0.2, 0.25) is 0 Å². The largest absolute Gasteiger partial charge is 0.394 e. The van der Waals surface area contributed by atoms with E-state index in [0.29, 0.717) is 0 Å². The predicted molar refractivity (Wildman–Crippen MR) is 68.6 cm³/mol. The van der Waals surface area contributed by atoms with Gasteiger partial charge in [-0.15, -0.1) is 0 Å². The smallest absolute Gasteiger partial charge is 0.187 e. The van der Waals surface area contributed by atoms with Crippen molar-refractivity contribution in [2.24, 2.45) is 0 Å². The molecule has 2 rings (SSSR count). The van der Waals surface area contributed by atoms with E-state index in [1.165, 1.54) is 0 Å². The van der Waals surface area contributed by atoms with Crippen LogP contribution < -0.4 is 0 Å². The summed E-state index contributed by atoms with van der Waals surface area (Å²) in [6.07, 6.45) is -15.7. The third-order valence-electron chi connectivity index (χ3n) is 3.98. The first kappa shape index (κ1) is 57.7. The second-order valence-corrected chi connectivity index (χ2v) is 5.53. The van der Waals surface area contributed by atoms with Gasteiger partial charge >= 0.3 is 0 Å². The summed E-state index contributed by atoms with van der Waals surface area (Å²) in [5, 5.41) is 76.8. The van der Waals surface area contributed by atoms with Crippen molar-refractivity contribution in [1.82, 2.24) is 0 Å². The van der Waals surface area contributed by atoms with Crippen LogP contribution in [0.4, 0.5) is 0 Å². The van der Waals surface area contributed by atoms with Gasteiger partial charge in [0.1, 0.15) is 48.8 Å². The maximum atomic E-state index is 10.00. The maximum Gasteiger partial charge on any atom is 0.187 e. The Labute approximate surface area is 467 Å².